The molecule has 1 aromatic heterocycles. The summed E-state index contributed by atoms with van der Waals surface area (Å²) in [6.45, 7) is 2.28. The third kappa shape index (κ3) is 5.33. The van der Waals surface area contributed by atoms with E-state index in [2.05, 4.69) is 27.9 Å². The molecule has 0 aliphatic heterocycles. The summed E-state index contributed by atoms with van der Waals surface area (Å²) >= 11 is 0. The van der Waals surface area contributed by atoms with Gasteiger partial charge in [-0.25, -0.2) is 18.1 Å². The van der Waals surface area contributed by atoms with Crippen LogP contribution in [0, 0.1) is 12.8 Å². The molecule has 1 heterocycles. The molecule has 6 rings (SSSR count). The molecule has 0 radical (unpaired) electrons. The Kier molecular flexibility index (Phi) is 7.06. The highest BCUT2D eigenvalue weighted by Gasteiger charge is 2.46. The summed E-state index contributed by atoms with van der Waals surface area (Å²) < 4.78 is 31.4. The molecule has 3 atom stereocenters. The zero-order chi connectivity index (χ0) is 27.9. The van der Waals surface area contributed by atoms with Gasteiger partial charge in [-0.05, 0) is 79.5 Å². The summed E-state index contributed by atoms with van der Waals surface area (Å²) in [5, 5.41) is 0. The topological polar surface area (TPSA) is 84.3 Å². The van der Waals surface area contributed by atoms with Crippen molar-refractivity contribution in [1.82, 2.24) is 14.3 Å². The van der Waals surface area contributed by atoms with Gasteiger partial charge in [0.2, 0.25) is 15.9 Å². The molecule has 0 saturated heterocycles. The number of hydrogen-bond donors (Lipinski definition) is 1. The largest absolute Gasteiger partial charge is 0.337 e. The minimum absolute atomic E-state index is 0.0735. The molecule has 1 N–H and O–H groups in total. The number of nitrogens with zero attached hydrogens (tertiary/aromatic N) is 3. The number of rotatable bonds is 8. The highest BCUT2D eigenvalue weighted by atomic mass is 32.2. The first-order chi connectivity index (χ1) is 19.3. The van der Waals surface area contributed by atoms with Crippen LogP contribution in [0.4, 0.5) is 5.69 Å². The van der Waals surface area contributed by atoms with Gasteiger partial charge in [0.05, 0.1) is 11.4 Å². The first kappa shape index (κ1) is 26.5. The van der Waals surface area contributed by atoms with Crippen LogP contribution in [-0.4, -0.2) is 23.9 Å². The van der Waals surface area contributed by atoms with E-state index in [1.807, 2.05) is 72.1 Å². The molecule has 7 nitrogen and oxygen atoms in total. The summed E-state index contributed by atoms with van der Waals surface area (Å²) in [5.41, 5.74) is 5.02. The van der Waals surface area contributed by atoms with Crippen LogP contribution in [0.25, 0.3) is 0 Å². The molecule has 1 amide bonds. The van der Waals surface area contributed by atoms with Crippen LogP contribution >= 0.6 is 0 Å². The lowest BCUT2D eigenvalue weighted by molar-refractivity contribution is -0.120. The van der Waals surface area contributed by atoms with Crippen molar-refractivity contribution in [3.05, 3.63) is 113 Å². The molecular formula is C32H34N4O3S. The van der Waals surface area contributed by atoms with Crippen molar-refractivity contribution in [1.29, 1.82) is 0 Å². The number of anilines is 1. The Balaban J connectivity index is 1.31. The van der Waals surface area contributed by atoms with Crippen molar-refractivity contribution in [3.63, 3.8) is 0 Å². The van der Waals surface area contributed by atoms with Gasteiger partial charge < -0.3 is 9.47 Å². The van der Waals surface area contributed by atoms with Crippen LogP contribution in [0.15, 0.2) is 90.1 Å². The van der Waals surface area contributed by atoms with Crippen LogP contribution in [0.1, 0.15) is 59.3 Å². The third-order valence-electron chi connectivity index (χ3n) is 8.21. The fourth-order valence-corrected chi connectivity index (χ4v) is 7.02. The molecule has 0 unspecified atom stereocenters. The van der Waals surface area contributed by atoms with Gasteiger partial charge in [0.1, 0.15) is 5.82 Å². The van der Waals surface area contributed by atoms with Gasteiger partial charge >= 0.3 is 0 Å². The average Bonchev–Trinajstić information content (AvgIpc) is 3.66. The zero-order valence-electron chi connectivity index (χ0n) is 22.8. The maximum absolute atomic E-state index is 14.0. The van der Waals surface area contributed by atoms with Crippen molar-refractivity contribution < 1.29 is 13.2 Å². The van der Waals surface area contributed by atoms with Crippen molar-refractivity contribution in [2.75, 3.05) is 4.90 Å². The molecule has 2 aliphatic rings. The number of carbonyl (C=O) groups excluding carboxylic acids is 1. The van der Waals surface area contributed by atoms with Crippen LogP contribution < -0.4 is 9.62 Å². The normalized spacial score (nSPS) is 20.1. The number of imidazole rings is 1. The first-order valence-corrected chi connectivity index (χ1v) is 15.3. The molecule has 0 bridgehead atoms. The lowest BCUT2D eigenvalue weighted by atomic mass is 9.87. The monoisotopic (exact) mass is 554 g/mol. The number of nitrogens with one attached hydrogen (secondary N) is 1. The van der Waals surface area contributed by atoms with Gasteiger partial charge in [0.15, 0.2) is 0 Å². The summed E-state index contributed by atoms with van der Waals surface area (Å²) in [7, 11) is -1.77. The first-order valence-electron chi connectivity index (χ1n) is 13.8. The molecule has 2 aliphatic carbocycles. The Hall–Kier alpha value is -3.75. The van der Waals surface area contributed by atoms with E-state index in [-0.39, 0.29) is 28.7 Å². The molecule has 4 aromatic rings. The lowest BCUT2D eigenvalue weighted by Gasteiger charge is -2.29. The number of fused-ring (bicyclic) bond motifs is 1. The van der Waals surface area contributed by atoms with Crippen molar-refractivity contribution in [2.24, 2.45) is 13.0 Å². The Morgan fingerprint density at radius 3 is 2.58 bits per heavy atom. The van der Waals surface area contributed by atoms with Gasteiger partial charge in [0, 0.05) is 37.1 Å². The number of carbonyl (C=O) groups is 1. The minimum atomic E-state index is -3.70. The second-order valence-electron chi connectivity index (χ2n) is 11.0. The van der Waals surface area contributed by atoms with Crippen LogP contribution in [0.2, 0.25) is 0 Å². The van der Waals surface area contributed by atoms with Gasteiger partial charge in [-0.15, -0.1) is 0 Å². The smallest absolute Gasteiger partial charge is 0.241 e. The van der Waals surface area contributed by atoms with Crippen molar-refractivity contribution >= 4 is 21.6 Å². The fraction of sp³-hybridized carbons (Fsp3) is 0.312. The van der Waals surface area contributed by atoms with Crippen molar-refractivity contribution in [3.8, 4) is 0 Å². The number of amides is 1. The second kappa shape index (κ2) is 10.7. The molecule has 40 heavy (non-hydrogen) atoms. The minimum Gasteiger partial charge on any atom is -0.337 e. The van der Waals surface area contributed by atoms with E-state index < -0.39 is 10.0 Å². The van der Waals surface area contributed by atoms with Gasteiger partial charge in [-0.3, -0.25) is 4.79 Å². The Bertz CT molecular complexity index is 1630. The fourth-order valence-electron chi connectivity index (χ4n) is 5.77. The van der Waals surface area contributed by atoms with E-state index in [9.17, 15) is 13.2 Å². The Morgan fingerprint density at radius 1 is 1.07 bits per heavy atom. The maximum atomic E-state index is 14.0. The molecule has 3 aromatic carbocycles. The zero-order valence-corrected chi connectivity index (χ0v) is 23.6. The highest BCUT2D eigenvalue weighted by molar-refractivity contribution is 7.89. The van der Waals surface area contributed by atoms with Gasteiger partial charge in [-0.1, -0.05) is 54.1 Å². The van der Waals surface area contributed by atoms with Crippen LogP contribution in [0.5, 0.6) is 0 Å². The molecular weight excluding hydrogens is 520 g/mol. The molecule has 0 spiro atoms. The summed E-state index contributed by atoms with van der Waals surface area (Å²) in [5.74, 6) is 0.989. The predicted molar refractivity (Wildman–Crippen MR) is 155 cm³/mol. The van der Waals surface area contributed by atoms with Gasteiger partial charge in [-0.2, -0.15) is 0 Å². The summed E-state index contributed by atoms with van der Waals surface area (Å²) in [6.07, 6.45) is 6.92. The second-order valence-corrected chi connectivity index (χ2v) is 12.7. The number of hydrogen-bond acceptors (Lipinski definition) is 4. The van der Waals surface area contributed by atoms with Crippen LogP contribution in [0.3, 0.4) is 0 Å². The molecule has 1 fully saturated rings. The maximum Gasteiger partial charge on any atom is 0.241 e. The SMILES string of the molecule is Cc1ccc(S(=O)(=O)N[C@H]2CCCc3ccc(N(Cc4nccn4C)C(=O)[C@H]4C[C@H]4c4ccccc4)cc32)cc1. The lowest BCUT2D eigenvalue weighted by Crippen LogP contribution is -2.34. The van der Waals surface area contributed by atoms with E-state index in [1.54, 1.807) is 18.3 Å². The standard InChI is InChI=1S/C32H34N4O3S/c1-22-11-15-26(16-12-22)40(38,39)34-30-10-6-9-24-13-14-25(19-28(24)30)36(21-31-33-17-18-35(31)2)32(37)29-20-27(29)23-7-4-3-5-8-23/h3-5,7-8,11-19,27,29-30,34H,6,9-10,20-21H2,1-2H3/t27-,29-,30-/m0/s1. The van der Waals surface area contributed by atoms with Crippen LogP contribution in [-0.2, 0) is 34.8 Å². The highest BCUT2D eigenvalue weighted by Crippen LogP contribution is 2.49. The van der Waals surface area contributed by atoms with E-state index in [1.165, 1.54) is 5.56 Å². The number of aryl methyl sites for hydroxylation is 3. The summed E-state index contributed by atoms with van der Waals surface area (Å²) in [4.78, 5) is 20.6. The molecule has 8 heteroatoms. The Labute approximate surface area is 235 Å². The number of benzene rings is 3. The average molecular weight is 555 g/mol. The summed E-state index contributed by atoms with van der Waals surface area (Å²) in [6, 6.07) is 22.8. The van der Waals surface area contributed by atoms with E-state index >= 15 is 0 Å². The van der Waals surface area contributed by atoms with Gasteiger partial charge in [0.25, 0.3) is 0 Å². The Morgan fingerprint density at radius 2 is 1.85 bits per heavy atom. The number of sulfonamides is 1. The van der Waals surface area contributed by atoms with E-state index in [0.29, 0.717) is 13.0 Å². The molecule has 206 valence electrons. The predicted octanol–water partition coefficient (Wildman–Crippen LogP) is 5.42. The van der Waals surface area contributed by atoms with E-state index in [0.717, 1.165) is 47.5 Å². The quantitative estimate of drug-likeness (QED) is 0.315. The molecule has 1 saturated carbocycles. The number of aromatic nitrogens is 2. The third-order valence-corrected chi connectivity index (χ3v) is 9.69. The van der Waals surface area contributed by atoms with E-state index in [4.69, 9.17) is 0 Å². The van der Waals surface area contributed by atoms with Crippen molar-refractivity contribution in [2.45, 2.75) is 56.0 Å².